The lowest BCUT2D eigenvalue weighted by Gasteiger charge is -2.55. The number of fused-ring (bicyclic) bond motifs is 1. The zero-order valence-electron chi connectivity index (χ0n) is 13.4. The molecule has 2 atom stereocenters. The van der Waals surface area contributed by atoms with E-state index in [2.05, 4.69) is 30.5 Å². The lowest BCUT2D eigenvalue weighted by Crippen LogP contribution is -2.48. The molecule has 1 N–H and O–H groups in total. The van der Waals surface area contributed by atoms with Gasteiger partial charge in [0.15, 0.2) is 6.61 Å². The Hall–Kier alpha value is -1.81. The fraction of sp³-hybridized carbons (Fsp3) is 0.444. The third kappa shape index (κ3) is 3.42. The van der Waals surface area contributed by atoms with Crippen LogP contribution in [0.25, 0.3) is 0 Å². The van der Waals surface area contributed by atoms with Gasteiger partial charge in [0, 0.05) is 5.02 Å². The van der Waals surface area contributed by atoms with Crippen molar-refractivity contribution in [1.82, 2.24) is 5.43 Å². The van der Waals surface area contributed by atoms with Crippen LogP contribution in [0.3, 0.4) is 0 Å². The Morgan fingerprint density at radius 1 is 1.43 bits per heavy atom. The maximum Gasteiger partial charge on any atom is 0.277 e. The predicted octanol–water partition coefficient (Wildman–Crippen LogP) is 3.81. The van der Waals surface area contributed by atoms with Crippen LogP contribution in [0.1, 0.15) is 26.7 Å². The van der Waals surface area contributed by atoms with Crippen molar-refractivity contribution in [2.75, 3.05) is 6.61 Å². The summed E-state index contributed by atoms with van der Waals surface area (Å²) < 4.78 is 5.37. The third-order valence-corrected chi connectivity index (χ3v) is 5.35. The average molecular weight is 333 g/mol. The second-order valence-corrected chi connectivity index (χ2v) is 7.22. The first-order valence-corrected chi connectivity index (χ1v) is 8.25. The molecule has 122 valence electrons. The minimum atomic E-state index is -0.279. The van der Waals surface area contributed by atoms with Crippen molar-refractivity contribution in [3.63, 3.8) is 0 Å². The van der Waals surface area contributed by atoms with Crippen LogP contribution < -0.4 is 10.2 Å². The van der Waals surface area contributed by atoms with Crippen LogP contribution in [-0.4, -0.2) is 18.7 Å². The zero-order chi connectivity index (χ0) is 16.4. The zero-order valence-corrected chi connectivity index (χ0v) is 14.1. The monoisotopic (exact) mass is 332 g/mol. The number of carbonyl (C=O) groups excluding carboxylic acids is 1. The smallest absolute Gasteiger partial charge is 0.277 e. The van der Waals surface area contributed by atoms with E-state index in [9.17, 15) is 4.79 Å². The highest BCUT2D eigenvalue weighted by Gasteiger charge is 2.50. The van der Waals surface area contributed by atoms with Crippen molar-refractivity contribution in [3.8, 4) is 5.75 Å². The molecule has 23 heavy (non-hydrogen) atoms. The Morgan fingerprint density at radius 3 is 2.83 bits per heavy atom. The van der Waals surface area contributed by atoms with Gasteiger partial charge < -0.3 is 4.74 Å². The van der Waals surface area contributed by atoms with E-state index in [4.69, 9.17) is 16.3 Å². The number of amides is 1. The maximum absolute atomic E-state index is 11.7. The summed E-state index contributed by atoms with van der Waals surface area (Å²) in [5, 5.41) is 4.70. The normalized spacial score (nSPS) is 24.7. The predicted molar refractivity (Wildman–Crippen MR) is 91.7 cm³/mol. The van der Waals surface area contributed by atoms with Gasteiger partial charge in [0.1, 0.15) is 5.75 Å². The molecule has 2 unspecified atom stereocenters. The van der Waals surface area contributed by atoms with Crippen LogP contribution in [0.2, 0.25) is 5.02 Å². The van der Waals surface area contributed by atoms with Crippen LogP contribution in [-0.2, 0) is 4.79 Å². The Labute approximate surface area is 141 Å². The van der Waals surface area contributed by atoms with E-state index in [-0.39, 0.29) is 12.5 Å². The van der Waals surface area contributed by atoms with Gasteiger partial charge in [0.25, 0.3) is 5.91 Å². The summed E-state index contributed by atoms with van der Waals surface area (Å²) in [6, 6.07) is 6.88. The van der Waals surface area contributed by atoms with Crippen molar-refractivity contribution in [3.05, 3.63) is 40.9 Å². The van der Waals surface area contributed by atoms with Gasteiger partial charge in [0.2, 0.25) is 0 Å². The number of hydrazone groups is 1. The van der Waals surface area contributed by atoms with Crippen molar-refractivity contribution in [1.29, 1.82) is 0 Å². The Bertz CT molecular complexity index is 649. The number of halogens is 1. The molecule has 0 saturated heterocycles. The number of ether oxygens (including phenoxy) is 1. The van der Waals surface area contributed by atoms with E-state index < -0.39 is 0 Å². The van der Waals surface area contributed by atoms with E-state index >= 15 is 0 Å². The van der Waals surface area contributed by atoms with Crippen LogP contribution >= 0.6 is 11.6 Å². The highest BCUT2D eigenvalue weighted by molar-refractivity contribution is 6.30. The number of hydrogen-bond acceptors (Lipinski definition) is 3. The minimum Gasteiger partial charge on any atom is -0.484 e. The van der Waals surface area contributed by atoms with E-state index in [0.717, 1.165) is 12.3 Å². The molecule has 4 nitrogen and oxygen atoms in total. The summed E-state index contributed by atoms with van der Waals surface area (Å²) in [6.07, 6.45) is 6.36. The number of nitrogens with one attached hydrogen (secondary N) is 1. The van der Waals surface area contributed by atoms with Gasteiger partial charge >= 0.3 is 0 Å². The van der Waals surface area contributed by atoms with Crippen LogP contribution in [0.5, 0.6) is 5.75 Å². The van der Waals surface area contributed by atoms with Crippen molar-refractivity contribution in [2.24, 2.45) is 22.4 Å². The van der Waals surface area contributed by atoms with Gasteiger partial charge in [-0.2, -0.15) is 5.10 Å². The lowest BCUT2D eigenvalue weighted by atomic mass is 9.49. The summed E-state index contributed by atoms with van der Waals surface area (Å²) in [5.74, 6) is 1.68. The second-order valence-electron chi connectivity index (χ2n) is 6.78. The number of allylic oxidation sites excluding steroid dienone is 2. The largest absolute Gasteiger partial charge is 0.484 e. The highest BCUT2D eigenvalue weighted by Crippen LogP contribution is 2.58. The fourth-order valence-corrected chi connectivity index (χ4v) is 3.56. The highest BCUT2D eigenvalue weighted by atomic mass is 35.5. The van der Waals surface area contributed by atoms with E-state index in [0.29, 0.717) is 22.1 Å². The summed E-state index contributed by atoms with van der Waals surface area (Å²) in [5.41, 5.74) is 4.11. The molecular weight excluding hydrogens is 312 g/mol. The molecule has 1 amide bonds. The first-order valence-electron chi connectivity index (χ1n) is 7.87. The minimum absolute atomic E-state index is 0.0744. The molecule has 5 heteroatoms. The molecule has 0 spiro atoms. The van der Waals surface area contributed by atoms with E-state index in [1.54, 1.807) is 30.5 Å². The topological polar surface area (TPSA) is 50.7 Å². The number of benzene rings is 1. The molecule has 0 radical (unpaired) electrons. The number of carbonyl (C=O) groups is 1. The molecule has 0 aromatic heterocycles. The lowest BCUT2D eigenvalue weighted by molar-refractivity contribution is -0.123. The molecule has 0 heterocycles. The Morgan fingerprint density at radius 2 is 2.17 bits per heavy atom. The maximum atomic E-state index is 11.7. The van der Waals surface area contributed by atoms with E-state index in [1.165, 1.54) is 12.0 Å². The third-order valence-electron chi connectivity index (χ3n) is 5.10. The molecule has 3 aliphatic rings. The Kier molecular flexibility index (Phi) is 4.44. The first kappa shape index (κ1) is 16.1. The van der Waals surface area contributed by atoms with Crippen molar-refractivity contribution < 1.29 is 9.53 Å². The van der Waals surface area contributed by atoms with Gasteiger partial charge in [0.05, 0.1) is 6.21 Å². The summed E-state index contributed by atoms with van der Waals surface area (Å²) in [7, 11) is 0. The molecule has 3 aliphatic carbocycles. The standard InChI is InChI=1S/C18H21ClN2O2/c1-18(2)13-4-3-12(16(18)9-13)10-20-21-17(22)11-23-15-7-5-14(19)6-8-15/h3,5-8,10,13,16H,4,9,11H2,1-2H3,(H,21,22)/b20-10+. The second kappa shape index (κ2) is 6.36. The summed E-state index contributed by atoms with van der Waals surface area (Å²) >= 11 is 5.79. The van der Waals surface area contributed by atoms with Crippen molar-refractivity contribution >= 4 is 23.7 Å². The molecule has 4 rings (SSSR count). The van der Waals surface area contributed by atoms with Gasteiger partial charge in [-0.05, 0) is 59.9 Å². The molecule has 1 saturated carbocycles. The van der Waals surface area contributed by atoms with Crippen LogP contribution in [0.15, 0.2) is 41.0 Å². The molecule has 1 aromatic rings. The quantitative estimate of drug-likeness (QED) is 0.658. The van der Waals surface area contributed by atoms with Gasteiger partial charge in [-0.15, -0.1) is 0 Å². The van der Waals surface area contributed by atoms with Gasteiger partial charge in [-0.3, -0.25) is 4.79 Å². The van der Waals surface area contributed by atoms with Crippen LogP contribution in [0.4, 0.5) is 0 Å². The van der Waals surface area contributed by atoms with Crippen molar-refractivity contribution in [2.45, 2.75) is 26.7 Å². The Balaban J connectivity index is 1.46. The first-order chi connectivity index (χ1) is 11.0. The van der Waals surface area contributed by atoms with Gasteiger partial charge in [-0.25, -0.2) is 5.43 Å². The number of nitrogens with zero attached hydrogens (tertiary/aromatic N) is 1. The van der Waals surface area contributed by atoms with Crippen LogP contribution in [0, 0.1) is 17.3 Å². The fourth-order valence-electron chi connectivity index (χ4n) is 3.44. The van der Waals surface area contributed by atoms with E-state index in [1.807, 2.05) is 0 Å². The molecule has 1 aromatic carbocycles. The number of rotatable bonds is 5. The average Bonchev–Trinajstić information content (AvgIpc) is 2.54. The molecular formula is C18H21ClN2O2. The number of hydrogen-bond donors (Lipinski definition) is 1. The SMILES string of the molecule is CC1(C)C2CC=C(/C=N/NC(=O)COc3ccc(Cl)cc3)C1C2. The summed E-state index contributed by atoms with van der Waals surface area (Å²) in [4.78, 5) is 11.7. The summed E-state index contributed by atoms with van der Waals surface area (Å²) in [6.45, 7) is 4.55. The van der Waals surface area contributed by atoms with Gasteiger partial charge in [-0.1, -0.05) is 31.5 Å². The molecule has 1 fully saturated rings. The molecule has 0 aliphatic heterocycles. The molecule has 2 bridgehead atoms.